The lowest BCUT2D eigenvalue weighted by molar-refractivity contribution is -0.116. The van der Waals surface area contributed by atoms with E-state index in [0.29, 0.717) is 17.8 Å². The monoisotopic (exact) mass is 218 g/mol. The Balaban J connectivity index is 2.54. The fourth-order valence-electron chi connectivity index (χ4n) is 1.23. The van der Waals surface area contributed by atoms with E-state index < -0.39 is 0 Å². The average molecular weight is 218 g/mol. The van der Waals surface area contributed by atoms with Gasteiger partial charge in [-0.3, -0.25) is 4.79 Å². The van der Waals surface area contributed by atoms with Crippen molar-refractivity contribution in [2.75, 3.05) is 5.32 Å². The number of carbonyl (C=O) groups excluding carboxylic acids is 2. The van der Waals surface area contributed by atoms with Crippen LogP contribution in [0.4, 0.5) is 11.4 Å². The van der Waals surface area contributed by atoms with Crippen LogP contribution >= 0.6 is 0 Å². The Labute approximate surface area is 94.4 Å². The first-order valence-electron chi connectivity index (χ1n) is 5.24. The fraction of sp³-hybridized carbons (Fsp3) is 0.333. The van der Waals surface area contributed by atoms with Crippen LogP contribution in [0.3, 0.4) is 0 Å². The number of nitrogens with zero attached hydrogens (tertiary/aromatic N) is 1. The number of amides is 1. The van der Waals surface area contributed by atoms with Gasteiger partial charge in [0.05, 0.1) is 5.69 Å². The van der Waals surface area contributed by atoms with Crippen LogP contribution in [0.2, 0.25) is 0 Å². The molecule has 0 aliphatic carbocycles. The predicted octanol–water partition coefficient (Wildman–Crippen LogP) is 2.78. The summed E-state index contributed by atoms with van der Waals surface area (Å²) in [6.07, 6.45) is 3.88. The zero-order valence-corrected chi connectivity index (χ0v) is 9.19. The Bertz CT molecular complexity index is 392. The van der Waals surface area contributed by atoms with Crippen LogP contribution in [0, 0.1) is 0 Å². The minimum atomic E-state index is 0.00786. The van der Waals surface area contributed by atoms with E-state index in [-0.39, 0.29) is 5.91 Å². The van der Waals surface area contributed by atoms with E-state index in [4.69, 9.17) is 0 Å². The van der Waals surface area contributed by atoms with E-state index in [0.717, 1.165) is 12.8 Å². The van der Waals surface area contributed by atoms with Crippen LogP contribution in [0.25, 0.3) is 0 Å². The molecule has 0 aromatic heterocycles. The summed E-state index contributed by atoms with van der Waals surface area (Å²) in [7, 11) is 0. The first-order valence-corrected chi connectivity index (χ1v) is 5.24. The van der Waals surface area contributed by atoms with Crippen molar-refractivity contribution in [1.82, 2.24) is 0 Å². The SMILES string of the molecule is CCCCC(=O)Nc1ccc(N=C=O)cc1. The molecule has 1 N–H and O–H groups in total. The number of aliphatic imine (C=N–C) groups is 1. The highest BCUT2D eigenvalue weighted by Crippen LogP contribution is 2.15. The standard InChI is InChI=1S/C12H14N2O2/c1-2-3-4-12(16)14-11-7-5-10(6-8-11)13-9-15/h5-8H,2-4H2,1H3,(H,14,16). The minimum Gasteiger partial charge on any atom is -0.326 e. The number of anilines is 1. The molecule has 0 fully saturated rings. The molecule has 0 unspecified atom stereocenters. The minimum absolute atomic E-state index is 0.00786. The Hall–Kier alpha value is -1.93. The van der Waals surface area contributed by atoms with Crippen molar-refractivity contribution in [3.8, 4) is 0 Å². The molecule has 0 aliphatic heterocycles. The largest absolute Gasteiger partial charge is 0.326 e. The molecule has 1 aromatic rings. The molecule has 0 saturated carbocycles. The molecule has 0 bridgehead atoms. The fourth-order valence-corrected chi connectivity index (χ4v) is 1.23. The van der Waals surface area contributed by atoms with Crippen LogP contribution in [0.5, 0.6) is 0 Å². The van der Waals surface area contributed by atoms with E-state index in [1.165, 1.54) is 6.08 Å². The second kappa shape index (κ2) is 6.53. The number of unbranched alkanes of at least 4 members (excludes halogenated alkanes) is 1. The summed E-state index contributed by atoms with van der Waals surface area (Å²) in [6, 6.07) is 6.72. The lowest BCUT2D eigenvalue weighted by Crippen LogP contribution is -2.10. The molecule has 0 saturated heterocycles. The van der Waals surface area contributed by atoms with E-state index in [1.54, 1.807) is 24.3 Å². The number of benzene rings is 1. The maximum absolute atomic E-state index is 11.4. The summed E-state index contributed by atoms with van der Waals surface area (Å²) in [5.74, 6) is 0.00786. The third-order valence-electron chi connectivity index (χ3n) is 2.08. The number of hydrogen-bond donors (Lipinski definition) is 1. The number of rotatable bonds is 5. The van der Waals surface area contributed by atoms with Gasteiger partial charge in [-0.2, -0.15) is 4.99 Å². The van der Waals surface area contributed by atoms with Gasteiger partial charge in [0.1, 0.15) is 0 Å². The summed E-state index contributed by atoms with van der Waals surface area (Å²) >= 11 is 0. The maximum Gasteiger partial charge on any atom is 0.240 e. The molecule has 0 spiro atoms. The van der Waals surface area contributed by atoms with Crippen molar-refractivity contribution >= 4 is 23.4 Å². The summed E-state index contributed by atoms with van der Waals surface area (Å²) in [6.45, 7) is 2.04. The molecule has 1 aromatic carbocycles. The van der Waals surface area contributed by atoms with Crippen molar-refractivity contribution in [2.24, 2.45) is 4.99 Å². The van der Waals surface area contributed by atoms with E-state index >= 15 is 0 Å². The second-order valence-electron chi connectivity index (χ2n) is 3.40. The predicted molar refractivity (Wildman–Crippen MR) is 62.4 cm³/mol. The third-order valence-corrected chi connectivity index (χ3v) is 2.08. The van der Waals surface area contributed by atoms with Gasteiger partial charge in [-0.1, -0.05) is 13.3 Å². The van der Waals surface area contributed by atoms with Crippen LogP contribution in [-0.2, 0) is 9.59 Å². The van der Waals surface area contributed by atoms with Gasteiger partial charge in [0.25, 0.3) is 0 Å². The molecule has 16 heavy (non-hydrogen) atoms. The molecule has 4 heteroatoms. The molecule has 1 rings (SSSR count). The van der Waals surface area contributed by atoms with Gasteiger partial charge in [-0.15, -0.1) is 0 Å². The Morgan fingerprint density at radius 1 is 1.38 bits per heavy atom. The van der Waals surface area contributed by atoms with Crippen LogP contribution < -0.4 is 5.32 Å². The van der Waals surface area contributed by atoms with Gasteiger partial charge in [0, 0.05) is 12.1 Å². The number of hydrogen-bond acceptors (Lipinski definition) is 3. The highest BCUT2D eigenvalue weighted by molar-refractivity contribution is 5.90. The number of nitrogens with one attached hydrogen (secondary N) is 1. The molecule has 0 heterocycles. The molecule has 0 aliphatic rings. The molecule has 84 valence electrons. The Kier molecular flexibility index (Phi) is 4.96. The van der Waals surface area contributed by atoms with E-state index in [9.17, 15) is 9.59 Å². The Morgan fingerprint density at radius 2 is 2.06 bits per heavy atom. The number of isocyanates is 1. The normalized spacial score (nSPS) is 9.31. The highest BCUT2D eigenvalue weighted by Gasteiger charge is 2.00. The third kappa shape index (κ3) is 4.07. The van der Waals surface area contributed by atoms with Crippen molar-refractivity contribution in [1.29, 1.82) is 0 Å². The van der Waals surface area contributed by atoms with Gasteiger partial charge in [0.2, 0.25) is 12.0 Å². The van der Waals surface area contributed by atoms with Gasteiger partial charge in [-0.05, 0) is 30.7 Å². The Morgan fingerprint density at radius 3 is 2.62 bits per heavy atom. The quantitative estimate of drug-likeness (QED) is 0.610. The summed E-state index contributed by atoms with van der Waals surface area (Å²) in [5.41, 5.74) is 1.24. The van der Waals surface area contributed by atoms with Crippen LogP contribution in [-0.4, -0.2) is 12.0 Å². The first kappa shape index (κ1) is 12.1. The van der Waals surface area contributed by atoms with Crippen molar-refractivity contribution in [3.63, 3.8) is 0 Å². The van der Waals surface area contributed by atoms with Crippen LogP contribution in [0.15, 0.2) is 29.3 Å². The van der Waals surface area contributed by atoms with Crippen molar-refractivity contribution in [2.45, 2.75) is 26.2 Å². The topological polar surface area (TPSA) is 58.5 Å². The van der Waals surface area contributed by atoms with Gasteiger partial charge >= 0.3 is 0 Å². The van der Waals surface area contributed by atoms with E-state index in [1.807, 2.05) is 6.92 Å². The molecule has 0 atom stereocenters. The maximum atomic E-state index is 11.4. The average Bonchev–Trinajstić information content (AvgIpc) is 2.29. The van der Waals surface area contributed by atoms with E-state index in [2.05, 4.69) is 10.3 Å². The lowest BCUT2D eigenvalue weighted by Gasteiger charge is -2.04. The summed E-state index contributed by atoms with van der Waals surface area (Å²) in [5, 5.41) is 2.77. The molecule has 0 radical (unpaired) electrons. The molecular weight excluding hydrogens is 204 g/mol. The zero-order valence-electron chi connectivity index (χ0n) is 9.19. The van der Waals surface area contributed by atoms with Gasteiger partial charge in [-0.25, -0.2) is 4.79 Å². The van der Waals surface area contributed by atoms with Crippen molar-refractivity contribution in [3.05, 3.63) is 24.3 Å². The highest BCUT2D eigenvalue weighted by atomic mass is 16.1. The molecule has 4 nitrogen and oxygen atoms in total. The van der Waals surface area contributed by atoms with Crippen LogP contribution in [0.1, 0.15) is 26.2 Å². The number of carbonyl (C=O) groups is 1. The zero-order chi connectivity index (χ0) is 11.8. The molecular formula is C12H14N2O2. The first-order chi connectivity index (χ1) is 7.76. The molecule has 1 amide bonds. The van der Waals surface area contributed by atoms with Gasteiger partial charge in [0.15, 0.2) is 0 Å². The lowest BCUT2D eigenvalue weighted by atomic mass is 10.2. The van der Waals surface area contributed by atoms with Crippen molar-refractivity contribution < 1.29 is 9.59 Å². The summed E-state index contributed by atoms with van der Waals surface area (Å²) < 4.78 is 0. The second-order valence-corrected chi connectivity index (χ2v) is 3.40. The summed E-state index contributed by atoms with van der Waals surface area (Å²) in [4.78, 5) is 24.8. The smallest absolute Gasteiger partial charge is 0.240 e. The van der Waals surface area contributed by atoms with Gasteiger partial charge < -0.3 is 5.32 Å².